The summed E-state index contributed by atoms with van der Waals surface area (Å²) in [5.41, 5.74) is 3.86. The van der Waals surface area contributed by atoms with E-state index in [1.54, 1.807) is 36.4 Å². The van der Waals surface area contributed by atoms with E-state index in [-0.39, 0.29) is 23.1 Å². The van der Waals surface area contributed by atoms with Crippen molar-refractivity contribution in [3.05, 3.63) is 142 Å². The van der Waals surface area contributed by atoms with Gasteiger partial charge in [-0.3, -0.25) is 9.10 Å². The van der Waals surface area contributed by atoms with E-state index in [0.29, 0.717) is 11.3 Å². The molecule has 0 aromatic heterocycles. The largest absolute Gasteiger partial charge is 0.294 e. The molecule has 0 saturated carbocycles. The Morgan fingerprint density at radius 1 is 0.811 bits per heavy atom. The molecule has 186 valence electrons. The molecule has 4 nitrogen and oxygen atoms in total. The molecule has 0 bridgehead atoms. The molecule has 0 radical (unpaired) electrons. The molecule has 5 rings (SSSR count). The summed E-state index contributed by atoms with van der Waals surface area (Å²) in [6.45, 7) is 1.95. The monoisotopic (exact) mass is 571 g/mol. The molecule has 1 heterocycles. The number of carbonyl (C=O) groups excluding carboxylic acids is 1. The lowest BCUT2D eigenvalue weighted by atomic mass is 9.78. The molecule has 1 aliphatic heterocycles. The molecule has 0 aliphatic carbocycles. The van der Waals surface area contributed by atoms with E-state index >= 15 is 0 Å². The lowest BCUT2D eigenvalue weighted by Crippen LogP contribution is -2.42. The Kier molecular flexibility index (Phi) is 7.13. The third-order valence-corrected chi connectivity index (χ3v) is 9.05. The van der Waals surface area contributed by atoms with Crippen molar-refractivity contribution in [1.29, 1.82) is 0 Å². The summed E-state index contributed by atoms with van der Waals surface area (Å²) >= 11 is 3.50. The highest BCUT2D eigenvalue weighted by Gasteiger charge is 2.40. The van der Waals surface area contributed by atoms with Gasteiger partial charge in [0, 0.05) is 22.5 Å². The van der Waals surface area contributed by atoms with Crippen LogP contribution in [0.2, 0.25) is 0 Å². The van der Waals surface area contributed by atoms with E-state index in [0.717, 1.165) is 21.2 Å². The topological polar surface area (TPSA) is 54.5 Å². The lowest BCUT2D eigenvalue weighted by molar-refractivity contribution is 0.0896. The number of hydrogen-bond donors (Lipinski definition) is 0. The number of carbonyl (C=O) groups is 1. The number of hydrogen-bond acceptors (Lipinski definition) is 3. The highest BCUT2D eigenvalue weighted by Crippen LogP contribution is 2.41. The summed E-state index contributed by atoms with van der Waals surface area (Å²) in [6, 6.07) is 33.3. The first-order valence-corrected chi connectivity index (χ1v) is 14.3. The van der Waals surface area contributed by atoms with Crippen LogP contribution >= 0.6 is 15.9 Å². The number of aryl methyl sites for hydroxylation is 1. The minimum absolute atomic E-state index is 0.0331. The molecule has 4 aromatic rings. The maximum absolute atomic E-state index is 14.0. The van der Waals surface area contributed by atoms with Crippen molar-refractivity contribution in [3.63, 3.8) is 0 Å². The first kappa shape index (κ1) is 25.2. The van der Waals surface area contributed by atoms with Crippen molar-refractivity contribution < 1.29 is 13.2 Å². The van der Waals surface area contributed by atoms with E-state index in [2.05, 4.69) is 15.9 Å². The van der Waals surface area contributed by atoms with Crippen LogP contribution in [0.4, 0.5) is 0 Å². The highest BCUT2D eigenvalue weighted by atomic mass is 79.9. The van der Waals surface area contributed by atoms with Crippen molar-refractivity contribution in [2.45, 2.75) is 17.7 Å². The summed E-state index contributed by atoms with van der Waals surface area (Å²) in [7, 11) is -3.93. The zero-order valence-electron chi connectivity index (χ0n) is 20.3. The van der Waals surface area contributed by atoms with Gasteiger partial charge in [0.15, 0.2) is 5.78 Å². The number of benzene rings is 4. The van der Waals surface area contributed by atoms with Crippen molar-refractivity contribution in [2.75, 3.05) is 6.54 Å². The van der Waals surface area contributed by atoms with Gasteiger partial charge in [-0.1, -0.05) is 112 Å². The molecule has 2 unspecified atom stereocenters. The van der Waals surface area contributed by atoms with Crippen LogP contribution in [-0.4, -0.2) is 25.1 Å². The molecule has 2 atom stereocenters. The average molecular weight is 573 g/mol. The number of allylic oxidation sites excluding steroid dienone is 1. The van der Waals surface area contributed by atoms with Crippen LogP contribution in [0.25, 0.3) is 5.70 Å². The smallest absolute Gasteiger partial charge is 0.264 e. The van der Waals surface area contributed by atoms with Crippen LogP contribution in [0.15, 0.2) is 125 Å². The van der Waals surface area contributed by atoms with Crippen molar-refractivity contribution >= 4 is 37.4 Å². The molecular weight excluding hydrogens is 546 g/mol. The normalized spacial score (nSPS) is 17.8. The zero-order chi connectivity index (χ0) is 26.0. The van der Waals surface area contributed by atoms with Gasteiger partial charge in [0.1, 0.15) is 0 Å². The molecule has 37 heavy (non-hydrogen) atoms. The second-order valence-electron chi connectivity index (χ2n) is 9.18. The fraction of sp³-hybridized carbons (Fsp3) is 0.129. The Morgan fingerprint density at radius 3 is 2.03 bits per heavy atom. The number of ketones is 1. The Hall–Kier alpha value is -3.48. The van der Waals surface area contributed by atoms with Gasteiger partial charge in [0.2, 0.25) is 0 Å². The number of halogens is 1. The van der Waals surface area contributed by atoms with Crippen LogP contribution in [0.1, 0.15) is 33.0 Å². The van der Waals surface area contributed by atoms with Crippen LogP contribution in [0.3, 0.4) is 0 Å². The second-order valence-corrected chi connectivity index (χ2v) is 12.0. The van der Waals surface area contributed by atoms with Gasteiger partial charge < -0.3 is 0 Å². The summed E-state index contributed by atoms with van der Waals surface area (Å²) in [6.07, 6.45) is 1.94. The zero-order valence-corrected chi connectivity index (χ0v) is 22.7. The first-order chi connectivity index (χ1) is 17.8. The lowest BCUT2D eigenvalue weighted by Gasteiger charge is -2.38. The molecule has 4 aromatic carbocycles. The van der Waals surface area contributed by atoms with E-state index in [1.165, 1.54) is 4.31 Å². The maximum atomic E-state index is 14.0. The minimum atomic E-state index is -3.93. The fourth-order valence-corrected chi connectivity index (χ4v) is 6.53. The van der Waals surface area contributed by atoms with E-state index in [9.17, 15) is 13.2 Å². The molecule has 0 amide bonds. The van der Waals surface area contributed by atoms with Gasteiger partial charge in [-0.15, -0.1) is 0 Å². The third-order valence-electron chi connectivity index (χ3n) is 6.73. The summed E-state index contributed by atoms with van der Waals surface area (Å²) in [5.74, 6) is -0.988. The number of rotatable bonds is 6. The fourth-order valence-electron chi connectivity index (χ4n) is 4.75. The van der Waals surface area contributed by atoms with Crippen LogP contribution in [0, 0.1) is 12.8 Å². The van der Waals surface area contributed by atoms with E-state index < -0.39 is 15.9 Å². The molecular formula is C31H26BrNO3S. The molecule has 0 spiro atoms. The molecule has 1 aliphatic rings. The number of sulfonamides is 1. The van der Waals surface area contributed by atoms with Gasteiger partial charge in [0.05, 0.1) is 16.5 Å². The molecule has 0 fully saturated rings. The van der Waals surface area contributed by atoms with Crippen molar-refractivity contribution in [1.82, 2.24) is 4.31 Å². The summed E-state index contributed by atoms with van der Waals surface area (Å²) < 4.78 is 30.4. The molecule has 6 heteroatoms. The second kappa shape index (κ2) is 10.5. The maximum Gasteiger partial charge on any atom is 0.264 e. The van der Waals surface area contributed by atoms with Gasteiger partial charge in [-0.2, -0.15) is 0 Å². The summed E-state index contributed by atoms with van der Waals surface area (Å²) in [5, 5.41) is 0. The predicted octanol–water partition coefficient (Wildman–Crippen LogP) is 7.09. The van der Waals surface area contributed by atoms with Crippen LogP contribution < -0.4 is 0 Å². The first-order valence-electron chi connectivity index (χ1n) is 12.1. The van der Waals surface area contributed by atoms with Crippen molar-refractivity contribution in [3.8, 4) is 0 Å². The highest BCUT2D eigenvalue weighted by molar-refractivity contribution is 9.10. The number of Topliss-reactive ketones (excluding diaryl/α,β-unsaturated/α-hetero) is 1. The predicted molar refractivity (Wildman–Crippen MR) is 151 cm³/mol. The Morgan fingerprint density at radius 2 is 1.41 bits per heavy atom. The third kappa shape index (κ3) is 5.17. The Labute approximate surface area is 226 Å². The van der Waals surface area contributed by atoms with Crippen LogP contribution in [-0.2, 0) is 10.0 Å². The molecule has 0 N–H and O–H groups in total. The van der Waals surface area contributed by atoms with Gasteiger partial charge in [-0.05, 0) is 42.3 Å². The van der Waals surface area contributed by atoms with E-state index in [4.69, 9.17) is 0 Å². The SMILES string of the molecule is Cc1ccc(S(=O)(=O)N2CC(C(=O)c3ccccc3)C(c3ccc(Br)cc3)C=C2c2ccccc2)cc1. The Balaban J connectivity index is 1.70. The van der Waals surface area contributed by atoms with Crippen LogP contribution in [0.5, 0.6) is 0 Å². The Bertz CT molecular complexity index is 1530. The van der Waals surface area contributed by atoms with Crippen molar-refractivity contribution in [2.24, 2.45) is 5.92 Å². The average Bonchev–Trinajstić information content (AvgIpc) is 2.93. The van der Waals surface area contributed by atoms with Gasteiger partial charge >= 0.3 is 0 Å². The minimum Gasteiger partial charge on any atom is -0.294 e. The standard InChI is InChI=1S/C31H26BrNO3S/c1-22-12-18-27(19-13-22)37(35,36)33-21-29(31(34)25-10-6-3-7-11-25)28(23-14-16-26(32)17-15-23)20-30(33)24-8-4-2-5-9-24/h2-20,28-29H,21H2,1H3. The van der Waals surface area contributed by atoms with Gasteiger partial charge in [0.25, 0.3) is 10.0 Å². The van der Waals surface area contributed by atoms with E-state index in [1.807, 2.05) is 85.8 Å². The molecule has 0 saturated heterocycles. The quantitative estimate of drug-likeness (QED) is 0.232. The summed E-state index contributed by atoms with van der Waals surface area (Å²) in [4.78, 5) is 14.1. The number of nitrogens with zero attached hydrogens (tertiary/aromatic N) is 1. The van der Waals surface area contributed by atoms with Gasteiger partial charge in [-0.25, -0.2) is 8.42 Å².